The normalized spacial score (nSPS) is 23.5. The summed E-state index contributed by atoms with van der Waals surface area (Å²) in [6.45, 7) is 10.8. The van der Waals surface area contributed by atoms with E-state index in [4.69, 9.17) is 18.7 Å². The summed E-state index contributed by atoms with van der Waals surface area (Å²) in [4.78, 5) is 46.9. The van der Waals surface area contributed by atoms with Crippen molar-refractivity contribution in [2.45, 2.75) is 66.2 Å². The van der Waals surface area contributed by atoms with E-state index >= 15 is 0 Å². The minimum Gasteiger partial charge on any atom is -0.334 e. The Morgan fingerprint density at radius 3 is 1.53 bits per heavy atom. The molecule has 0 fully saturated rings. The molecule has 0 bridgehead atoms. The van der Waals surface area contributed by atoms with E-state index in [0.717, 1.165) is 24.0 Å². The third-order valence-corrected chi connectivity index (χ3v) is 6.87. The van der Waals surface area contributed by atoms with E-state index in [0.29, 0.717) is 88.4 Å². The maximum atomic E-state index is 13.2. The van der Waals surface area contributed by atoms with Crippen LogP contribution in [0.3, 0.4) is 0 Å². The van der Waals surface area contributed by atoms with E-state index in [1.165, 1.54) is 0 Å². The molecule has 0 saturated heterocycles. The number of quaternary nitrogens is 2. The lowest BCUT2D eigenvalue weighted by atomic mass is 10.1. The average molecular weight is 531 g/mol. The topological polar surface area (TPSA) is 130 Å². The van der Waals surface area contributed by atoms with Crippen molar-refractivity contribution in [2.75, 3.05) is 39.3 Å². The first-order chi connectivity index (χ1) is 18.3. The third kappa shape index (κ3) is 6.18. The van der Waals surface area contributed by atoms with Crippen LogP contribution in [0.2, 0.25) is 0 Å². The second-order valence-electron chi connectivity index (χ2n) is 9.86. The highest BCUT2D eigenvalue weighted by atomic mass is 16.8. The van der Waals surface area contributed by atoms with Crippen molar-refractivity contribution in [3.63, 3.8) is 0 Å². The molecule has 2 aromatic rings. The lowest BCUT2D eigenvalue weighted by molar-refractivity contribution is -1.09. The van der Waals surface area contributed by atoms with Crippen LogP contribution >= 0.6 is 0 Å². The average Bonchev–Trinajstić information content (AvgIpc) is 3.59. The number of hydrogen-bond donors (Lipinski definition) is 0. The summed E-state index contributed by atoms with van der Waals surface area (Å²) in [6.07, 6.45) is 8.18. The monoisotopic (exact) mass is 530 g/mol. The van der Waals surface area contributed by atoms with E-state index < -0.39 is 11.9 Å². The van der Waals surface area contributed by atoms with Crippen molar-refractivity contribution in [3.05, 3.63) is 35.6 Å². The summed E-state index contributed by atoms with van der Waals surface area (Å²) >= 11 is 0. The predicted octanol–water partition coefficient (Wildman–Crippen LogP) is 3.22. The number of aromatic nitrogens is 4. The summed E-state index contributed by atoms with van der Waals surface area (Å²) in [6, 6.07) is 0. The van der Waals surface area contributed by atoms with Gasteiger partial charge in [0.2, 0.25) is 0 Å². The SMILES string of the molecule is CCC[N+]1(OC(=O)C(=O)O[N+]2(CCC)CCC=C(c3nc(CC)no3)C2)CCC=C(c2nc(CC)no2)C1. The highest BCUT2D eigenvalue weighted by molar-refractivity contribution is 6.29. The molecular formula is C26H38N6O6+2. The Balaban J connectivity index is 1.47. The Labute approximate surface area is 222 Å². The third-order valence-electron chi connectivity index (χ3n) is 6.87. The van der Waals surface area contributed by atoms with Crippen LogP contribution in [0, 0.1) is 0 Å². The van der Waals surface area contributed by atoms with Crippen molar-refractivity contribution in [1.29, 1.82) is 0 Å². The zero-order chi connectivity index (χ0) is 27.2. The fraction of sp³-hybridized carbons (Fsp3) is 0.615. The standard InChI is InChI=1S/C26H38N6O6/c1-5-13-31(15-9-11-19(17-31)23-27-21(7-3)29-35-23)37-25(33)26(34)38-32(14-6-2)16-10-12-20(18-32)24-28-22(8-4)30-36-24/h11-12H,5-10,13-18H2,1-4H3/q+2. The van der Waals surface area contributed by atoms with Gasteiger partial charge in [0.1, 0.15) is 39.3 Å². The largest absolute Gasteiger partial charge is 0.480 e. The van der Waals surface area contributed by atoms with Gasteiger partial charge in [-0.25, -0.2) is 9.59 Å². The van der Waals surface area contributed by atoms with Crippen LogP contribution in [0.25, 0.3) is 11.1 Å². The van der Waals surface area contributed by atoms with Crippen molar-refractivity contribution in [3.8, 4) is 0 Å². The molecule has 206 valence electrons. The molecule has 2 aliphatic rings. The van der Waals surface area contributed by atoms with Gasteiger partial charge >= 0.3 is 11.9 Å². The number of carbonyl (C=O) groups excluding carboxylic acids is 2. The summed E-state index contributed by atoms with van der Waals surface area (Å²) in [5.41, 5.74) is 1.62. The molecule has 0 spiro atoms. The summed E-state index contributed by atoms with van der Waals surface area (Å²) < 4.78 is 10.8. The molecule has 2 unspecified atom stereocenters. The highest BCUT2D eigenvalue weighted by Gasteiger charge is 2.44. The maximum Gasteiger partial charge on any atom is 0.480 e. The van der Waals surface area contributed by atoms with Gasteiger partial charge in [0, 0.05) is 25.7 Å². The van der Waals surface area contributed by atoms with Gasteiger partial charge < -0.3 is 9.05 Å². The van der Waals surface area contributed by atoms with E-state index in [-0.39, 0.29) is 9.29 Å². The molecule has 2 aliphatic heterocycles. The predicted molar refractivity (Wildman–Crippen MR) is 135 cm³/mol. The van der Waals surface area contributed by atoms with Gasteiger partial charge in [-0.1, -0.05) is 50.2 Å². The zero-order valence-corrected chi connectivity index (χ0v) is 22.8. The number of aryl methyl sites for hydroxylation is 2. The number of nitrogens with zero attached hydrogens (tertiary/aromatic N) is 6. The molecule has 4 heterocycles. The first-order valence-electron chi connectivity index (χ1n) is 13.6. The number of rotatable bonds is 10. The minimum absolute atomic E-state index is 0.0270. The van der Waals surface area contributed by atoms with Gasteiger partial charge in [0.25, 0.3) is 11.8 Å². The van der Waals surface area contributed by atoms with Crippen molar-refractivity contribution in [1.82, 2.24) is 20.3 Å². The van der Waals surface area contributed by atoms with Crippen LogP contribution in [0.4, 0.5) is 0 Å². The summed E-state index contributed by atoms with van der Waals surface area (Å²) in [5, 5.41) is 7.96. The van der Waals surface area contributed by atoms with Gasteiger partial charge in [-0.05, 0) is 12.8 Å². The molecule has 12 nitrogen and oxygen atoms in total. The van der Waals surface area contributed by atoms with E-state index in [1.54, 1.807) is 0 Å². The fourth-order valence-corrected chi connectivity index (χ4v) is 5.09. The first-order valence-corrected chi connectivity index (χ1v) is 13.6. The second kappa shape index (κ2) is 12.0. The van der Waals surface area contributed by atoms with E-state index in [9.17, 15) is 9.59 Å². The Bertz CT molecular complexity index is 1110. The van der Waals surface area contributed by atoms with Crippen LogP contribution in [-0.4, -0.2) is 80.8 Å². The van der Waals surface area contributed by atoms with E-state index in [1.807, 2.05) is 39.8 Å². The molecule has 0 amide bonds. The molecule has 0 radical (unpaired) electrons. The Hall–Kier alpha value is -3.38. The maximum absolute atomic E-state index is 13.2. The van der Waals surface area contributed by atoms with E-state index in [2.05, 4.69) is 20.3 Å². The van der Waals surface area contributed by atoms with Crippen molar-refractivity contribution in [2.24, 2.45) is 0 Å². The van der Waals surface area contributed by atoms with Crippen LogP contribution in [0.15, 0.2) is 21.2 Å². The fourth-order valence-electron chi connectivity index (χ4n) is 5.09. The molecule has 12 heteroatoms. The Kier molecular flexibility index (Phi) is 8.72. The number of hydroxylamine groups is 6. The van der Waals surface area contributed by atoms with Gasteiger partial charge in [-0.15, -0.1) is 9.29 Å². The van der Waals surface area contributed by atoms with Crippen LogP contribution < -0.4 is 0 Å². The lowest BCUT2D eigenvalue weighted by Crippen LogP contribution is -2.57. The van der Waals surface area contributed by atoms with Crippen LogP contribution in [0.5, 0.6) is 0 Å². The van der Waals surface area contributed by atoms with Crippen molar-refractivity contribution < 1.29 is 37.6 Å². The second-order valence-corrected chi connectivity index (χ2v) is 9.86. The molecule has 0 N–H and O–H groups in total. The smallest absolute Gasteiger partial charge is 0.334 e. The van der Waals surface area contributed by atoms with Crippen molar-refractivity contribution >= 4 is 23.1 Å². The van der Waals surface area contributed by atoms with Gasteiger partial charge in [-0.3, -0.25) is 9.68 Å². The molecular weight excluding hydrogens is 492 g/mol. The Morgan fingerprint density at radius 2 is 1.18 bits per heavy atom. The summed E-state index contributed by atoms with van der Waals surface area (Å²) in [5.74, 6) is 0.0710. The molecule has 4 rings (SSSR count). The molecule has 0 aromatic carbocycles. The minimum atomic E-state index is -1.00. The lowest BCUT2D eigenvalue weighted by Gasteiger charge is -2.38. The molecule has 2 atom stereocenters. The first kappa shape index (κ1) is 27.6. The quantitative estimate of drug-likeness (QED) is 0.333. The molecule has 2 aromatic heterocycles. The highest BCUT2D eigenvalue weighted by Crippen LogP contribution is 2.29. The van der Waals surface area contributed by atoms with Gasteiger partial charge in [0.15, 0.2) is 11.6 Å². The number of carbonyl (C=O) groups is 2. The zero-order valence-electron chi connectivity index (χ0n) is 22.8. The Morgan fingerprint density at radius 1 is 0.763 bits per heavy atom. The van der Waals surface area contributed by atoms with Crippen LogP contribution in [-0.2, 0) is 32.1 Å². The van der Waals surface area contributed by atoms with Gasteiger partial charge in [-0.2, -0.15) is 9.97 Å². The molecule has 0 aliphatic carbocycles. The summed E-state index contributed by atoms with van der Waals surface area (Å²) in [7, 11) is 0. The molecule has 0 saturated carbocycles. The number of hydrogen-bond acceptors (Lipinski definition) is 10. The van der Waals surface area contributed by atoms with Gasteiger partial charge in [0.05, 0.1) is 11.1 Å². The van der Waals surface area contributed by atoms with Crippen LogP contribution in [0.1, 0.15) is 76.8 Å². The molecule has 38 heavy (non-hydrogen) atoms.